The summed E-state index contributed by atoms with van der Waals surface area (Å²) in [5, 5.41) is 6.88. The molecule has 1 aliphatic rings. The molecule has 1 saturated heterocycles. The Balaban J connectivity index is 1.58. The second-order valence-corrected chi connectivity index (χ2v) is 6.60. The van der Waals surface area contributed by atoms with Gasteiger partial charge in [0.05, 0.1) is 10.7 Å². The SMILES string of the molecule is CNCCCC(=O)NCCCN1CCN(c2ccccc2Cl)CC1. The summed E-state index contributed by atoms with van der Waals surface area (Å²) in [5.41, 5.74) is 1.13. The Morgan fingerprint density at radius 3 is 2.58 bits per heavy atom. The fraction of sp³-hybridized carbons (Fsp3) is 0.611. The largest absolute Gasteiger partial charge is 0.368 e. The lowest BCUT2D eigenvalue weighted by molar-refractivity contribution is -0.121. The lowest BCUT2D eigenvalue weighted by atomic mass is 10.2. The molecule has 0 unspecified atom stereocenters. The first-order valence-corrected chi connectivity index (χ1v) is 9.21. The molecule has 1 aromatic rings. The van der Waals surface area contributed by atoms with E-state index in [0.717, 1.165) is 69.4 Å². The fourth-order valence-electron chi connectivity index (χ4n) is 2.97. The molecule has 0 aromatic heterocycles. The molecule has 24 heavy (non-hydrogen) atoms. The number of hydrogen-bond donors (Lipinski definition) is 2. The molecule has 134 valence electrons. The Kier molecular flexibility index (Phi) is 8.36. The number of hydrogen-bond acceptors (Lipinski definition) is 4. The second-order valence-electron chi connectivity index (χ2n) is 6.19. The number of amides is 1. The van der Waals surface area contributed by atoms with Gasteiger partial charge in [-0.1, -0.05) is 23.7 Å². The van der Waals surface area contributed by atoms with Crippen molar-refractivity contribution in [1.29, 1.82) is 0 Å². The number of rotatable bonds is 9. The zero-order valence-electron chi connectivity index (χ0n) is 14.6. The van der Waals surface area contributed by atoms with Crippen LogP contribution >= 0.6 is 11.6 Å². The number of piperazine rings is 1. The van der Waals surface area contributed by atoms with Crippen molar-refractivity contribution < 1.29 is 4.79 Å². The quantitative estimate of drug-likeness (QED) is 0.667. The summed E-state index contributed by atoms with van der Waals surface area (Å²) in [7, 11) is 1.91. The highest BCUT2D eigenvalue weighted by molar-refractivity contribution is 6.33. The normalized spacial score (nSPS) is 15.5. The van der Waals surface area contributed by atoms with Crippen LogP contribution in [-0.2, 0) is 4.79 Å². The van der Waals surface area contributed by atoms with Crippen molar-refractivity contribution in [2.45, 2.75) is 19.3 Å². The van der Waals surface area contributed by atoms with Gasteiger partial charge in [0.2, 0.25) is 5.91 Å². The van der Waals surface area contributed by atoms with Crippen molar-refractivity contribution >= 4 is 23.2 Å². The second kappa shape index (κ2) is 10.5. The monoisotopic (exact) mass is 352 g/mol. The van der Waals surface area contributed by atoms with Gasteiger partial charge >= 0.3 is 0 Å². The molecule has 2 N–H and O–H groups in total. The zero-order chi connectivity index (χ0) is 17.2. The Hall–Kier alpha value is -1.30. The van der Waals surface area contributed by atoms with E-state index in [1.54, 1.807) is 0 Å². The average Bonchev–Trinajstić information content (AvgIpc) is 2.60. The highest BCUT2D eigenvalue weighted by Crippen LogP contribution is 2.25. The molecule has 0 aliphatic carbocycles. The van der Waals surface area contributed by atoms with E-state index in [9.17, 15) is 4.79 Å². The molecule has 1 amide bonds. The maximum atomic E-state index is 11.6. The minimum atomic E-state index is 0.161. The fourth-order valence-corrected chi connectivity index (χ4v) is 3.22. The van der Waals surface area contributed by atoms with Crippen molar-refractivity contribution in [3.05, 3.63) is 29.3 Å². The topological polar surface area (TPSA) is 47.6 Å². The van der Waals surface area contributed by atoms with Gasteiger partial charge in [-0.25, -0.2) is 0 Å². The van der Waals surface area contributed by atoms with E-state index in [2.05, 4.69) is 26.5 Å². The molecule has 0 bridgehead atoms. The zero-order valence-corrected chi connectivity index (χ0v) is 15.3. The summed E-state index contributed by atoms with van der Waals surface area (Å²) in [6, 6.07) is 8.03. The summed E-state index contributed by atoms with van der Waals surface area (Å²) in [6.07, 6.45) is 2.51. The number of halogens is 1. The standard InChI is InChI=1S/C18H29ClN4O/c1-20-9-4-8-18(24)21-10-5-11-22-12-14-23(15-13-22)17-7-3-2-6-16(17)19/h2-3,6-7,20H,4-5,8-15H2,1H3,(H,21,24). The Labute approximate surface area is 150 Å². The van der Waals surface area contributed by atoms with Crippen LogP contribution in [0.3, 0.4) is 0 Å². The predicted octanol–water partition coefficient (Wildman–Crippen LogP) is 1.97. The van der Waals surface area contributed by atoms with Crippen LogP contribution in [0, 0.1) is 0 Å². The molecule has 1 aromatic carbocycles. The molecule has 6 heteroatoms. The number of anilines is 1. The van der Waals surface area contributed by atoms with E-state index < -0.39 is 0 Å². The summed E-state index contributed by atoms with van der Waals surface area (Å²) in [6.45, 7) is 6.78. The number of benzene rings is 1. The van der Waals surface area contributed by atoms with E-state index in [1.165, 1.54) is 0 Å². The lowest BCUT2D eigenvalue weighted by Crippen LogP contribution is -2.47. The number of nitrogens with zero attached hydrogens (tertiary/aromatic N) is 2. The van der Waals surface area contributed by atoms with E-state index >= 15 is 0 Å². The molecule has 1 fully saturated rings. The Morgan fingerprint density at radius 2 is 1.88 bits per heavy atom. The Morgan fingerprint density at radius 1 is 1.12 bits per heavy atom. The van der Waals surface area contributed by atoms with Gasteiger partial charge in [0, 0.05) is 39.1 Å². The van der Waals surface area contributed by atoms with Crippen LogP contribution in [0.2, 0.25) is 5.02 Å². The van der Waals surface area contributed by atoms with Crippen LogP contribution in [0.1, 0.15) is 19.3 Å². The summed E-state index contributed by atoms with van der Waals surface area (Å²) < 4.78 is 0. The van der Waals surface area contributed by atoms with Crippen molar-refractivity contribution in [2.75, 3.05) is 57.8 Å². The number of para-hydroxylation sites is 1. The van der Waals surface area contributed by atoms with Crippen LogP contribution in [0.4, 0.5) is 5.69 Å². The summed E-state index contributed by atoms with van der Waals surface area (Å²) in [4.78, 5) is 16.4. The minimum Gasteiger partial charge on any atom is -0.368 e. The minimum absolute atomic E-state index is 0.161. The molecule has 0 atom stereocenters. The van der Waals surface area contributed by atoms with Gasteiger partial charge in [-0.2, -0.15) is 0 Å². The first-order chi connectivity index (χ1) is 11.7. The molecule has 0 radical (unpaired) electrons. The van der Waals surface area contributed by atoms with E-state index in [0.29, 0.717) is 6.42 Å². The van der Waals surface area contributed by atoms with Crippen LogP contribution in [-0.4, -0.2) is 63.7 Å². The van der Waals surface area contributed by atoms with E-state index in [-0.39, 0.29) is 5.91 Å². The maximum absolute atomic E-state index is 11.6. The highest BCUT2D eigenvalue weighted by Gasteiger charge is 2.18. The van der Waals surface area contributed by atoms with Crippen molar-refractivity contribution in [1.82, 2.24) is 15.5 Å². The van der Waals surface area contributed by atoms with Gasteiger partial charge in [0.1, 0.15) is 0 Å². The van der Waals surface area contributed by atoms with Crippen molar-refractivity contribution in [3.63, 3.8) is 0 Å². The molecular weight excluding hydrogens is 324 g/mol. The summed E-state index contributed by atoms with van der Waals surface area (Å²) >= 11 is 6.27. The van der Waals surface area contributed by atoms with Crippen LogP contribution in [0.5, 0.6) is 0 Å². The van der Waals surface area contributed by atoms with Gasteiger partial charge in [-0.05, 0) is 45.1 Å². The number of carbonyl (C=O) groups is 1. The smallest absolute Gasteiger partial charge is 0.220 e. The molecule has 0 spiro atoms. The molecule has 1 aliphatic heterocycles. The third kappa shape index (κ3) is 6.30. The van der Waals surface area contributed by atoms with Gasteiger partial charge in [-0.15, -0.1) is 0 Å². The van der Waals surface area contributed by atoms with Crippen LogP contribution in [0.15, 0.2) is 24.3 Å². The number of carbonyl (C=O) groups excluding carboxylic acids is 1. The van der Waals surface area contributed by atoms with Gasteiger partial charge in [0.25, 0.3) is 0 Å². The Bertz CT molecular complexity index is 504. The molecular formula is C18H29ClN4O. The average molecular weight is 353 g/mol. The van der Waals surface area contributed by atoms with Gasteiger partial charge < -0.3 is 15.5 Å². The third-order valence-corrected chi connectivity index (χ3v) is 4.69. The third-order valence-electron chi connectivity index (χ3n) is 4.37. The van der Waals surface area contributed by atoms with E-state index in [1.807, 2.05) is 25.2 Å². The molecule has 5 nitrogen and oxygen atoms in total. The van der Waals surface area contributed by atoms with Crippen LogP contribution in [0.25, 0.3) is 0 Å². The first kappa shape index (κ1) is 19.0. The highest BCUT2D eigenvalue weighted by atomic mass is 35.5. The van der Waals surface area contributed by atoms with E-state index in [4.69, 9.17) is 11.6 Å². The van der Waals surface area contributed by atoms with Crippen molar-refractivity contribution in [3.8, 4) is 0 Å². The summed E-state index contributed by atoms with van der Waals surface area (Å²) in [5.74, 6) is 0.161. The van der Waals surface area contributed by atoms with Crippen LogP contribution < -0.4 is 15.5 Å². The first-order valence-electron chi connectivity index (χ1n) is 8.84. The number of nitrogens with one attached hydrogen (secondary N) is 2. The molecule has 0 saturated carbocycles. The van der Waals surface area contributed by atoms with Gasteiger partial charge in [-0.3, -0.25) is 9.69 Å². The van der Waals surface area contributed by atoms with Gasteiger partial charge in [0.15, 0.2) is 0 Å². The predicted molar refractivity (Wildman–Crippen MR) is 101 cm³/mol. The maximum Gasteiger partial charge on any atom is 0.220 e. The lowest BCUT2D eigenvalue weighted by Gasteiger charge is -2.36. The molecule has 1 heterocycles. The molecule has 2 rings (SSSR count). The van der Waals surface area contributed by atoms with Crippen molar-refractivity contribution in [2.24, 2.45) is 0 Å².